The third-order valence-electron chi connectivity index (χ3n) is 5.48. The fraction of sp³-hybridized carbons (Fsp3) is 0.238. The predicted octanol–water partition coefficient (Wildman–Crippen LogP) is 3.46. The maximum absolute atomic E-state index is 14.1. The summed E-state index contributed by atoms with van der Waals surface area (Å²) in [5, 5.41) is 10.9. The van der Waals surface area contributed by atoms with Gasteiger partial charge in [-0.3, -0.25) is 9.36 Å². The summed E-state index contributed by atoms with van der Waals surface area (Å²) in [6, 6.07) is 8.36. The van der Waals surface area contributed by atoms with E-state index in [2.05, 4.69) is 20.5 Å². The van der Waals surface area contributed by atoms with Gasteiger partial charge in [0.1, 0.15) is 24.3 Å². The maximum Gasteiger partial charge on any atom is 0.253 e. The second-order valence-electron chi connectivity index (χ2n) is 7.47. The van der Waals surface area contributed by atoms with Gasteiger partial charge < -0.3 is 9.88 Å². The van der Waals surface area contributed by atoms with Crippen LogP contribution in [-0.2, 0) is 13.0 Å². The number of rotatable bonds is 3. The molecule has 2 aromatic heterocycles. The Morgan fingerprint density at radius 2 is 2.03 bits per heavy atom. The van der Waals surface area contributed by atoms with Gasteiger partial charge >= 0.3 is 0 Å². The molecule has 0 fully saturated rings. The van der Waals surface area contributed by atoms with E-state index in [9.17, 15) is 9.18 Å². The summed E-state index contributed by atoms with van der Waals surface area (Å²) in [6.45, 7) is 2.27. The molecule has 7 nitrogen and oxygen atoms in total. The third-order valence-corrected chi connectivity index (χ3v) is 5.79. The lowest BCUT2D eigenvalue weighted by Crippen LogP contribution is -2.41. The van der Waals surface area contributed by atoms with Crippen LogP contribution in [0.5, 0.6) is 0 Å². The predicted molar refractivity (Wildman–Crippen MR) is 110 cm³/mol. The van der Waals surface area contributed by atoms with Crippen LogP contribution in [-0.4, -0.2) is 36.3 Å². The first-order chi connectivity index (χ1) is 14.5. The summed E-state index contributed by atoms with van der Waals surface area (Å²) in [4.78, 5) is 17.5. The minimum Gasteiger partial charge on any atom is -0.347 e. The van der Waals surface area contributed by atoms with E-state index >= 15 is 0 Å². The van der Waals surface area contributed by atoms with Crippen molar-refractivity contribution in [3.63, 3.8) is 0 Å². The van der Waals surface area contributed by atoms with Crippen molar-refractivity contribution in [2.75, 3.05) is 0 Å². The van der Waals surface area contributed by atoms with Gasteiger partial charge in [-0.1, -0.05) is 11.6 Å². The van der Waals surface area contributed by atoms with Gasteiger partial charge in [0.15, 0.2) is 0 Å². The summed E-state index contributed by atoms with van der Waals surface area (Å²) in [7, 11) is 0. The Labute approximate surface area is 176 Å². The fourth-order valence-electron chi connectivity index (χ4n) is 3.87. The molecule has 9 heteroatoms. The van der Waals surface area contributed by atoms with Crippen LogP contribution >= 0.6 is 11.6 Å². The van der Waals surface area contributed by atoms with E-state index in [0.717, 1.165) is 29.0 Å². The second-order valence-corrected chi connectivity index (χ2v) is 7.88. The number of halogens is 2. The zero-order valence-corrected chi connectivity index (χ0v) is 16.9. The van der Waals surface area contributed by atoms with Gasteiger partial charge in [0.25, 0.3) is 5.91 Å². The fourth-order valence-corrected chi connectivity index (χ4v) is 4.13. The standard InChI is InChI=1S/C21H18ClFN6O/c1-12-6-18-19(8-17(12)23)29-9-13(2-5-20(29)27-18)26-21(30)15-4-3-14(7-16(15)22)28-10-24-25-11-28/h3-4,6-8,10-11,13H,2,5,9H2,1H3,(H,26,30)/t13-/m1/s1. The molecule has 1 aliphatic rings. The summed E-state index contributed by atoms with van der Waals surface area (Å²) < 4.78 is 17.8. The Balaban J connectivity index is 1.36. The number of hydrogen-bond donors (Lipinski definition) is 1. The van der Waals surface area contributed by atoms with Gasteiger partial charge in [-0.25, -0.2) is 9.37 Å². The average Bonchev–Trinajstić information content (AvgIpc) is 3.37. The van der Waals surface area contributed by atoms with Crippen molar-refractivity contribution in [1.82, 2.24) is 29.6 Å². The Kier molecular flexibility index (Phi) is 4.51. The van der Waals surface area contributed by atoms with Crippen LogP contribution in [0, 0.1) is 12.7 Å². The SMILES string of the molecule is Cc1cc2nc3n(c2cc1F)C[C@H](NC(=O)c1ccc(-n2cnnc2)cc1Cl)CC3. The van der Waals surface area contributed by atoms with Gasteiger partial charge in [0.2, 0.25) is 0 Å². The van der Waals surface area contributed by atoms with E-state index in [0.29, 0.717) is 29.1 Å². The highest BCUT2D eigenvalue weighted by Crippen LogP contribution is 2.26. The van der Waals surface area contributed by atoms with Crippen LogP contribution in [0.25, 0.3) is 16.7 Å². The lowest BCUT2D eigenvalue weighted by atomic mass is 10.1. The average molecular weight is 425 g/mol. The normalized spacial score (nSPS) is 15.9. The topological polar surface area (TPSA) is 77.6 Å². The first-order valence-corrected chi connectivity index (χ1v) is 9.98. The molecular formula is C21H18ClFN6O. The van der Waals surface area contributed by atoms with Crippen molar-refractivity contribution in [2.45, 2.75) is 32.4 Å². The number of benzene rings is 2. The first kappa shape index (κ1) is 18.7. The minimum atomic E-state index is -0.253. The summed E-state index contributed by atoms with van der Waals surface area (Å²) in [5.41, 5.74) is 3.28. The molecule has 1 aliphatic heterocycles. The summed E-state index contributed by atoms with van der Waals surface area (Å²) in [5.74, 6) is 0.420. The molecule has 3 heterocycles. The Hall–Kier alpha value is -3.26. The molecule has 4 aromatic rings. The van der Waals surface area contributed by atoms with Crippen LogP contribution in [0.2, 0.25) is 5.02 Å². The molecule has 0 bridgehead atoms. The number of carbonyl (C=O) groups is 1. The number of fused-ring (bicyclic) bond motifs is 3. The molecule has 152 valence electrons. The highest BCUT2D eigenvalue weighted by atomic mass is 35.5. The Morgan fingerprint density at radius 1 is 1.23 bits per heavy atom. The molecule has 2 aromatic carbocycles. The van der Waals surface area contributed by atoms with E-state index in [1.165, 1.54) is 6.07 Å². The summed E-state index contributed by atoms with van der Waals surface area (Å²) >= 11 is 6.36. The second kappa shape index (κ2) is 7.21. The maximum atomic E-state index is 14.1. The lowest BCUT2D eigenvalue weighted by Gasteiger charge is -2.25. The molecule has 0 unspecified atom stereocenters. The van der Waals surface area contributed by atoms with Gasteiger partial charge in [-0.05, 0) is 43.2 Å². The Morgan fingerprint density at radius 3 is 2.80 bits per heavy atom. The monoisotopic (exact) mass is 424 g/mol. The van der Waals surface area contributed by atoms with E-state index in [-0.39, 0.29) is 17.8 Å². The van der Waals surface area contributed by atoms with Crippen molar-refractivity contribution in [2.24, 2.45) is 0 Å². The molecule has 1 amide bonds. The van der Waals surface area contributed by atoms with Crippen LogP contribution in [0.15, 0.2) is 43.0 Å². The van der Waals surface area contributed by atoms with Crippen molar-refractivity contribution < 1.29 is 9.18 Å². The van der Waals surface area contributed by atoms with Crippen molar-refractivity contribution in [3.8, 4) is 5.69 Å². The highest BCUT2D eigenvalue weighted by molar-refractivity contribution is 6.34. The van der Waals surface area contributed by atoms with Crippen LogP contribution < -0.4 is 5.32 Å². The van der Waals surface area contributed by atoms with Gasteiger partial charge in [-0.15, -0.1) is 10.2 Å². The summed E-state index contributed by atoms with van der Waals surface area (Å²) in [6.07, 6.45) is 4.59. The van der Waals surface area contributed by atoms with Crippen LogP contribution in [0.3, 0.4) is 0 Å². The Bertz CT molecular complexity index is 1270. The number of nitrogens with one attached hydrogen (secondary N) is 1. The lowest BCUT2D eigenvalue weighted by molar-refractivity contribution is 0.0928. The molecule has 1 N–H and O–H groups in total. The number of nitrogens with zero attached hydrogens (tertiary/aromatic N) is 5. The molecule has 30 heavy (non-hydrogen) atoms. The zero-order valence-electron chi connectivity index (χ0n) is 16.1. The minimum absolute atomic E-state index is 0.0969. The molecule has 1 atom stereocenters. The molecule has 0 saturated heterocycles. The molecule has 0 spiro atoms. The van der Waals surface area contributed by atoms with Gasteiger partial charge in [-0.2, -0.15) is 0 Å². The largest absolute Gasteiger partial charge is 0.347 e. The third kappa shape index (κ3) is 3.23. The number of hydrogen-bond acceptors (Lipinski definition) is 4. The number of aromatic nitrogens is 5. The number of amides is 1. The smallest absolute Gasteiger partial charge is 0.253 e. The first-order valence-electron chi connectivity index (χ1n) is 9.60. The molecule has 0 radical (unpaired) electrons. The molecule has 5 rings (SSSR count). The molecule has 0 aliphatic carbocycles. The number of aryl methyl sites for hydroxylation is 2. The zero-order chi connectivity index (χ0) is 20.8. The number of carbonyl (C=O) groups excluding carboxylic acids is 1. The molecular weight excluding hydrogens is 407 g/mol. The van der Waals surface area contributed by atoms with Gasteiger partial charge in [0.05, 0.1) is 21.6 Å². The quantitative estimate of drug-likeness (QED) is 0.546. The van der Waals surface area contributed by atoms with E-state index in [1.807, 2.05) is 4.57 Å². The van der Waals surface area contributed by atoms with Crippen molar-refractivity contribution in [3.05, 3.63) is 70.8 Å². The molecule has 0 saturated carbocycles. The van der Waals surface area contributed by atoms with Crippen LogP contribution in [0.4, 0.5) is 4.39 Å². The van der Waals surface area contributed by atoms with Crippen molar-refractivity contribution >= 4 is 28.5 Å². The van der Waals surface area contributed by atoms with Crippen LogP contribution in [0.1, 0.15) is 28.2 Å². The number of imidazole rings is 1. The van der Waals surface area contributed by atoms with Gasteiger partial charge in [0, 0.05) is 30.8 Å². The highest BCUT2D eigenvalue weighted by Gasteiger charge is 2.24. The van der Waals surface area contributed by atoms with E-state index < -0.39 is 0 Å². The van der Waals surface area contributed by atoms with Crippen molar-refractivity contribution in [1.29, 1.82) is 0 Å². The van der Waals surface area contributed by atoms with E-state index in [4.69, 9.17) is 11.6 Å². The van der Waals surface area contributed by atoms with E-state index in [1.54, 1.807) is 48.4 Å².